The van der Waals surface area contributed by atoms with E-state index in [4.69, 9.17) is 16.1 Å². The molecule has 0 saturated heterocycles. The Balaban J connectivity index is 1.56. The molecule has 0 aliphatic carbocycles. The van der Waals surface area contributed by atoms with Gasteiger partial charge in [-0.15, -0.1) is 0 Å². The lowest BCUT2D eigenvalue weighted by Crippen LogP contribution is -2.26. The number of benzene rings is 2. The first-order chi connectivity index (χ1) is 12.5. The van der Waals surface area contributed by atoms with Gasteiger partial charge < -0.3 is 9.42 Å². The van der Waals surface area contributed by atoms with Crippen LogP contribution in [0.1, 0.15) is 17.9 Å². The molecular weight excluding hydrogens is 357 g/mol. The summed E-state index contributed by atoms with van der Waals surface area (Å²) in [6, 6.07) is 13.5. The van der Waals surface area contributed by atoms with Gasteiger partial charge in [-0.3, -0.25) is 4.79 Å². The fourth-order valence-corrected chi connectivity index (χ4v) is 2.57. The van der Waals surface area contributed by atoms with Gasteiger partial charge in [0.1, 0.15) is 5.82 Å². The van der Waals surface area contributed by atoms with Gasteiger partial charge in [0.25, 0.3) is 0 Å². The van der Waals surface area contributed by atoms with Crippen LogP contribution in [0.2, 0.25) is 5.02 Å². The molecule has 1 aromatic heterocycles. The highest BCUT2D eigenvalue weighted by Gasteiger charge is 2.14. The van der Waals surface area contributed by atoms with E-state index >= 15 is 0 Å². The molecule has 1 amide bonds. The Bertz CT molecular complexity index is 896. The summed E-state index contributed by atoms with van der Waals surface area (Å²) in [7, 11) is 1.64. The summed E-state index contributed by atoms with van der Waals surface area (Å²) in [5, 5.41) is 4.54. The first-order valence-corrected chi connectivity index (χ1v) is 8.46. The summed E-state index contributed by atoms with van der Waals surface area (Å²) in [5.74, 6) is 0.377. The van der Waals surface area contributed by atoms with Gasteiger partial charge in [0.05, 0.1) is 0 Å². The standard InChI is InChI=1S/C19H17ClFN3O2/c1-24(12-14-4-2-3-5-16(14)21)18(25)11-10-17-22-19(23-26-17)13-6-8-15(20)9-7-13/h2-9H,10-12H2,1H3. The summed E-state index contributed by atoms with van der Waals surface area (Å²) in [4.78, 5) is 18.0. The van der Waals surface area contributed by atoms with Crippen LogP contribution in [-0.4, -0.2) is 28.0 Å². The zero-order chi connectivity index (χ0) is 18.5. The number of amides is 1. The maximum Gasteiger partial charge on any atom is 0.227 e. The van der Waals surface area contributed by atoms with E-state index < -0.39 is 0 Å². The zero-order valence-corrected chi connectivity index (χ0v) is 14.9. The molecule has 2 aromatic carbocycles. The van der Waals surface area contributed by atoms with Gasteiger partial charge >= 0.3 is 0 Å². The van der Waals surface area contributed by atoms with E-state index in [9.17, 15) is 9.18 Å². The molecule has 0 radical (unpaired) electrons. The molecule has 3 rings (SSSR count). The van der Waals surface area contributed by atoms with E-state index in [1.807, 2.05) is 0 Å². The molecule has 0 bridgehead atoms. The van der Waals surface area contributed by atoms with Gasteiger partial charge in [-0.1, -0.05) is 35.0 Å². The third-order valence-electron chi connectivity index (χ3n) is 3.91. The van der Waals surface area contributed by atoms with E-state index in [-0.39, 0.29) is 24.7 Å². The smallest absolute Gasteiger partial charge is 0.227 e. The van der Waals surface area contributed by atoms with E-state index in [2.05, 4.69) is 10.1 Å². The number of halogens is 2. The number of aromatic nitrogens is 2. The first-order valence-electron chi connectivity index (χ1n) is 8.09. The quantitative estimate of drug-likeness (QED) is 0.652. The molecule has 0 saturated carbocycles. The summed E-state index contributed by atoms with van der Waals surface area (Å²) in [6.45, 7) is 0.214. The third kappa shape index (κ3) is 4.46. The summed E-state index contributed by atoms with van der Waals surface area (Å²) in [6.07, 6.45) is 0.522. The molecule has 7 heteroatoms. The maximum absolute atomic E-state index is 13.7. The van der Waals surface area contributed by atoms with Crippen LogP contribution < -0.4 is 0 Å². The van der Waals surface area contributed by atoms with Crippen LogP contribution in [0.4, 0.5) is 4.39 Å². The normalized spacial score (nSPS) is 10.7. The molecule has 26 heavy (non-hydrogen) atoms. The van der Waals surface area contributed by atoms with Gasteiger partial charge in [-0.25, -0.2) is 4.39 Å². The minimum absolute atomic E-state index is 0.125. The number of hydrogen-bond donors (Lipinski definition) is 0. The van der Waals surface area contributed by atoms with Crippen LogP contribution in [0, 0.1) is 5.82 Å². The van der Waals surface area contributed by atoms with E-state index in [0.29, 0.717) is 28.7 Å². The minimum atomic E-state index is -0.323. The van der Waals surface area contributed by atoms with Crippen molar-refractivity contribution in [2.24, 2.45) is 0 Å². The second-order valence-electron chi connectivity index (χ2n) is 5.86. The van der Waals surface area contributed by atoms with Crippen molar-refractivity contribution in [3.8, 4) is 11.4 Å². The fraction of sp³-hybridized carbons (Fsp3) is 0.211. The van der Waals surface area contributed by atoms with Crippen molar-refractivity contribution in [2.75, 3.05) is 7.05 Å². The molecule has 5 nitrogen and oxygen atoms in total. The van der Waals surface area contributed by atoms with E-state index in [0.717, 1.165) is 5.56 Å². The van der Waals surface area contributed by atoms with Crippen LogP contribution in [0.15, 0.2) is 53.1 Å². The molecule has 0 atom stereocenters. The van der Waals surface area contributed by atoms with Crippen molar-refractivity contribution in [1.29, 1.82) is 0 Å². The van der Waals surface area contributed by atoms with Gasteiger partial charge in [-0.2, -0.15) is 4.98 Å². The second kappa shape index (κ2) is 8.10. The van der Waals surface area contributed by atoms with Crippen molar-refractivity contribution in [2.45, 2.75) is 19.4 Å². The molecule has 0 unspecified atom stereocenters. The molecular formula is C19H17ClFN3O2. The molecule has 0 spiro atoms. The van der Waals surface area contributed by atoms with Crippen LogP contribution in [0.5, 0.6) is 0 Å². The van der Waals surface area contributed by atoms with Gasteiger partial charge in [0.15, 0.2) is 0 Å². The topological polar surface area (TPSA) is 59.2 Å². The number of nitrogens with zero attached hydrogens (tertiary/aromatic N) is 3. The third-order valence-corrected chi connectivity index (χ3v) is 4.17. The summed E-state index contributed by atoms with van der Waals surface area (Å²) < 4.78 is 18.9. The maximum atomic E-state index is 13.7. The predicted octanol–water partition coefficient (Wildman–Crippen LogP) is 4.12. The Morgan fingerprint density at radius 1 is 1.19 bits per heavy atom. The van der Waals surface area contributed by atoms with Crippen LogP contribution in [0.3, 0.4) is 0 Å². The molecule has 0 fully saturated rings. The van der Waals surface area contributed by atoms with E-state index in [1.165, 1.54) is 11.0 Å². The Kier molecular flexibility index (Phi) is 5.63. The first kappa shape index (κ1) is 18.1. The molecule has 0 aliphatic heterocycles. The fourth-order valence-electron chi connectivity index (χ4n) is 2.45. The lowest BCUT2D eigenvalue weighted by Gasteiger charge is -2.17. The second-order valence-corrected chi connectivity index (χ2v) is 6.30. The Labute approximate surface area is 155 Å². The monoisotopic (exact) mass is 373 g/mol. The highest BCUT2D eigenvalue weighted by atomic mass is 35.5. The van der Waals surface area contributed by atoms with Gasteiger partial charge in [-0.05, 0) is 30.3 Å². The molecule has 0 N–H and O–H groups in total. The van der Waals surface area contributed by atoms with Crippen molar-refractivity contribution in [1.82, 2.24) is 15.0 Å². The predicted molar refractivity (Wildman–Crippen MR) is 95.9 cm³/mol. The zero-order valence-electron chi connectivity index (χ0n) is 14.2. The number of carbonyl (C=O) groups excluding carboxylic acids is 1. The Morgan fingerprint density at radius 2 is 1.92 bits per heavy atom. The van der Waals surface area contributed by atoms with Crippen LogP contribution in [-0.2, 0) is 17.8 Å². The van der Waals surface area contributed by atoms with Crippen molar-refractivity contribution >= 4 is 17.5 Å². The molecule has 134 valence electrons. The van der Waals surface area contributed by atoms with Crippen molar-refractivity contribution < 1.29 is 13.7 Å². The molecule has 1 heterocycles. The van der Waals surface area contributed by atoms with Crippen LogP contribution in [0.25, 0.3) is 11.4 Å². The SMILES string of the molecule is CN(Cc1ccccc1F)C(=O)CCc1nc(-c2ccc(Cl)cc2)no1. The van der Waals surface area contributed by atoms with Crippen LogP contribution >= 0.6 is 11.6 Å². The lowest BCUT2D eigenvalue weighted by molar-refractivity contribution is -0.130. The molecule has 3 aromatic rings. The highest BCUT2D eigenvalue weighted by Crippen LogP contribution is 2.19. The number of carbonyl (C=O) groups is 1. The lowest BCUT2D eigenvalue weighted by atomic mass is 10.2. The number of hydrogen-bond acceptors (Lipinski definition) is 4. The van der Waals surface area contributed by atoms with Gasteiger partial charge in [0.2, 0.25) is 17.6 Å². The average molecular weight is 374 g/mol. The minimum Gasteiger partial charge on any atom is -0.341 e. The Hall–Kier alpha value is -2.73. The highest BCUT2D eigenvalue weighted by molar-refractivity contribution is 6.30. The summed E-state index contributed by atoms with van der Waals surface area (Å²) >= 11 is 5.86. The van der Waals surface area contributed by atoms with Gasteiger partial charge in [0, 0.05) is 42.6 Å². The number of aryl methyl sites for hydroxylation is 1. The van der Waals surface area contributed by atoms with Crippen molar-refractivity contribution in [3.05, 3.63) is 70.8 Å². The Morgan fingerprint density at radius 3 is 2.65 bits per heavy atom. The number of rotatable bonds is 6. The summed E-state index contributed by atoms with van der Waals surface area (Å²) in [5.41, 5.74) is 1.26. The van der Waals surface area contributed by atoms with E-state index in [1.54, 1.807) is 49.5 Å². The molecule has 0 aliphatic rings. The average Bonchev–Trinajstić information content (AvgIpc) is 3.11. The largest absolute Gasteiger partial charge is 0.341 e. The van der Waals surface area contributed by atoms with Crippen molar-refractivity contribution in [3.63, 3.8) is 0 Å².